The summed E-state index contributed by atoms with van der Waals surface area (Å²) in [6, 6.07) is 10.6. The van der Waals surface area contributed by atoms with E-state index in [0.29, 0.717) is 23.7 Å². The Balaban J connectivity index is 1.71. The molecule has 0 bridgehead atoms. The lowest BCUT2D eigenvalue weighted by molar-refractivity contribution is 0.0732. The molecule has 2 aromatic carbocycles. The maximum absolute atomic E-state index is 12.8. The second-order valence-corrected chi connectivity index (χ2v) is 7.26. The number of phenols is 1. The summed E-state index contributed by atoms with van der Waals surface area (Å²) in [5.41, 5.74) is 3.59. The highest BCUT2D eigenvalue weighted by molar-refractivity contribution is 9.10. The van der Waals surface area contributed by atoms with Gasteiger partial charge in [-0.1, -0.05) is 27.5 Å². The maximum atomic E-state index is 12.8. The lowest BCUT2D eigenvalue weighted by atomic mass is 10.0. The Bertz CT molecular complexity index is 967. The summed E-state index contributed by atoms with van der Waals surface area (Å²) in [7, 11) is 0. The van der Waals surface area contributed by atoms with Crippen molar-refractivity contribution in [3.8, 4) is 5.75 Å². The van der Waals surface area contributed by atoms with Crippen molar-refractivity contribution in [2.75, 3.05) is 6.54 Å². The van der Waals surface area contributed by atoms with Gasteiger partial charge in [0.15, 0.2) is 0 Å². The van der Waals surface area contributed by atoms with Gasteiger partial charge in [-0.15, -0.1) is 0 Å². The van der Waals surface area contributed by atoms with E-state index < -0.39 is 0 Å². The number of phenolic OH excluding ortho intramolecular Hbond substituents is 1. The summed E-state index contributed by atoms with van der Waals surface area (Å²) in [5, 5.41) is 11.7. The van der Waals surface area contributed by atoms with Crippen LogP contribution < -0.4 is 0 Å². The van der Waals surface area contributed by atoms with E-state index in [4.69, 9.17) is 11.6 Å². The van der Waals surface area contributed by atoms with Crippen LogP contribution in [-0.2, 0) is 13.0 Å². The predicted molar refractivity (Wildman–Crippen MR) is 97.6 cm³/mol. The highest BCUT2D eigenvalue weighted by Gasteiger charge is 2.26. The summed E-state index contributed by atoms with van der Waals surface area (Å²) in [4.78, 5) is 18.0. The topological polar surface area (TPSA) is 56.3 Å². The number of carbonyl (C=O) groups excluding carboxylic acids is 1. The monoisotopic (exact) mass is 404 g/mol. The van der Waals surface area contributed by atoms with Crippen LogP contribution in [0.1, 0.15) is 21.6 Å². The molecule has 4 rings (SSSR count). The highest BCUT2D eigenvalue weighted by Crippen LogP contribution is 2.31. The third-order valence-corrected chi connectivity index (χ3v) is 5.14. The number of amides is 1. The molecule has 0 radical (unpaired) electrons. The largest absolute Gasteiger partial charge is 0.507 e. The number of rotatable bonds is 1. The Labute approximate surface area is 152 Å². The molecule has 0 fully saturated rings. The maximum Gasteiger partial charge on any atom is 0.257 e. The van der Waals surface area contributed by atoms with Crippen LogP contribution in [0, 0.1) is 0 Å². The molecule has 0 spiro atoms. The second kappa shape index (κ2) is 5.83. The molecule has 0 unspecified atom stereocenters. The van der Waals surface area contributed by atoms with Crippen LogP contribution in [0.3, 0.4) is 0 Å². The van der Waals surface area contributed by atoms with Gasteiger partial charge in [-0.05, 0) is 36.4 Å². The Morgan fingerprint density at radius 2 is 2.08 bits per heavy atom. The number of H-pyrrole nitrogens is 1. The number of hydrogen-bond acceptors (Lipinski definition) is 2. The third-order valence-electron chi connectivity index (χ3n) is 4.41. The van der Waals surface area contributed by atoms with Crippen molar-refractivity contribution in [3.05, 3.63) is 62.7 Å². The van der Waals surface area contributed by atoms with Crippen LogP contribution in [0.15, 0.2) is 40.9 Å². The van der Waals surface area contributed by atoms with Crippen molar-refractivity contribution >= 4 is 44.3 Å². The molecule has 2 N–H and O–H groups in total. The van der Waals surface area contributed by atoms with Gasteiger partial charge in [-0.25, -0.2) is 0 Å². The van der Waals surface area contributed by atoms with Gasteiger partial charge in [0.1, 0.15) is 5.75 Å². The van der Waals surface area contributed by atoms with Crippen LogP contribution in [0.2, 0.25) is 5.02 Å². The zero-order valence-electron chi connectivity index (χ0n) is 12.6. The van der Waals surface area contributed by atoms with E-state index in [-0.39, 0.29) is 11.7 Å². The Morgan fingerprint density at radius 1 is 1.25 bits per heavy atom. The smallest absolute Gasteiger partial charge is 0.257 e. The highest BCUT2D eigenvalue weighted by atomic mass is 79.9. The minimum absolute atomic E-state index is 0.00373. The SMILES string of the molecule is O=C(c1cc(Br)ccc1O)N1CCc2[nH]c3ccc(Cl)cc3c2C1. The first-order valence-electron chi connectivity index (χ1n) is 7.59. The molecule has 1 aliphatic rings. The summed E-state index contributed by atoms with van der Waals surface area (Å²) < 4.78 is 0.764. The molecule has 0 atom stereocenters. The first-order valence-corrected chi connectivity index (χ1v) is 8.77. The zero-order chi connectivity index (χ0) is 16.8. The van der Waals surface area contributed by atoms with Crippen molar-refractivity contribution in [2.45, 2.75) is 13.0 Å². The molecule has 2 heterocycles. The lowest BCUT2D eigenvalue weighted by Crippen LogP contribution is -2.35. The number of carbonyl (C=O) groups is 1. The standard InChI is InChI=1S/C18H14BrClN2O2/c19-10-1-4-17(23)13(7-10)18(24)22-6-5-16-14(9-22)12-8-11(20)2-3-15(12)21-16/h1-4,7-8,21,23H,5-6,9H2. The zero-order valence-corrected chi connectivity index (χ0v) is 15.0. The van der Waals surface area contributed by atoms with Gasteiger partial charge in [-0.2, -0.15) is 0 Å². The molecule has 24 heavy (non-hydrogen) atoms. The van der Waals surface area contributed by atoms with E-state index in [1.807, 2.05) is 18.2 Å². The fraction of sp³-hybridized carbons (Fsp3) is 0.167. The number of hydrogen-bond donors (Lipinski definition) is 2. The minimum atomic E-state index is -0.171. The van der Waals surface area contributed by atoms with Gasteiger partial charge >= 0.3 is 0 Å². The molecule has 1 aliphatic heterocycles. The van der Waals surface area contributed by atoms with Crippen LogP contribution in [0.25, 0.3) is 10.9 Å². The van der Waals surface area contributed by atoms with E-state index >= 15 is 0 Å². The van der Waals surface area contributed by atoms with Gasteiger partial charge in [-0.3, -0.25) is 4.79 Å². The van der Waals surface area contributed by atoms with E-state index in [2.05, 4.69) is 20.9 Å². The Kier molecular flexibility index (Phi) is 3.77. The molecule has 4 nitrogen and oxygen atoms in total. The first kappa shape index (κ1) is 15.5. The van der Waals surface area contributed by atoms with E-state index in [1.165, 1.54) is 6.07 Å². The fourth-order valence-corrected chi connectivity index (χ4v) is 3.74. The Morgan fingerprint density at radius 3 is 2.92 bits per heavy atom. The number of halogens is 2. The van der Waals surface area contributed by atoms with Crippen molar-refractivity contribution < 1.29 is 9.90 Å². The van der Waals surface area contributed by atoms with Crippen molar-refractivity contribution in [3.63, 3.8) is 0 Å². The van der Waals surface area contributed by atoms with Gasteiger partial charge in [0, 0.05) is 51.2 Å². The average molecular weight is 406 g/mol. The fourth-order valence-electron chi connectivity index (χ4n) is 3.21. The summed E-state index contributed by atoms with van der Waals surface area (Å²) in [6.45, 7) is 1.11. The number of aromatic nitrogens is 1. The summed E-state index contributed by atoms with van der Waals surface area (Å²) in [5.74, 6) is -0.174. The van der Waals surface area contributed by atoms with Crippen LogP contribution in [-0.4, -0.2) is 27.4 Å². The molecule has 0 saturated heterocycles. The third kappa shape index (κ3) is 2.58. The summed E-state index contributed by atoms with van der Waals surface area (Å²) >= 11 is 9.47. The van der Waals surface area contributed by atoms with Crippen molar-refractivity contribution in [2.24, 2.45) is 0 Å². The van der Waals surface area contributed by atoms with Crippen LogP contribution in [0.4, 0.5) is 0 Å². The number of nitrogens with zero attached hydrogens (tertiary/aromatic N) is 1. The lowest BCUT2D eigenvalue weighted by Gasteiger charge is -2.27. The van der Waals surface area contributed by atoms with E-state index in [0.717, 1.165) is 33.1 Å². The number of benzene rings is 2. The van der Waals surface area contributed by atoms with Gasteiger partial charge in [0.25, 0.3) is 5.91 Å². The van der Waals surface area contributed by atoms with Gasteiger partial charge in [0.05, 0.1) is 5.56 Å². The number of fused-ring (bicyclic) bond motifs is 3. The van der Waals surface area contributed by atoms with Crippen molar-refractivity contribution in [1.82, 2.24) is 9.88 Å². The van der Waals surface area contributed by atoms with E-state index in [1.54, 1.807) is 17.0 Å². The molecule has 122 valence electrons. The molecular weight excluding hydrogens is 392 g/mol. The first-order chi connectivity index (χ1) is 11.5. The number of nitrogens with one attached hydrogen (secondary N) is 1. The van der Waals surface area contributed by atoms with Gasteiger partial charge in [0.2, 0.25) is 0 Å². The number of aromatic amines is 1. The minimum Gasteiger partial charge on any atom is -0.507 e. The van der Waals surface area contributed by atoms with Crippen LogP contribution in [0.5, 0.6) is 5.75 Å². The molecule has 1 amide bonds. The molecule has 6 heteroatoms. The number of aromatic hydroxyl groups is 1. The normalized spacial score (nSPS) is 14.0. The molecular formula is C18H14BrClN2O2. The molecule has 0 saturated carbocycles. The quantitative estimate of drug-likeness (QED) is 0.627. The average Bonchev–Trinajstić information content (AvgIpc) is 2.93. The predicted octanol–water partition coefficient (Wildman–Crippen LogP) is 4.49. The molecule has 0 aliphatic carbocycles. The van der Waals surface area contributed by atoms with Crippen LogP contribution >= 0.6 is 27.5 Å². The Hall–Kier alpha value is -1.98. The van der Waals surface area contributed by atoms with Gasteiger partial charge < -0.3 is 15.0 Å². The molecule has 1 aromatic heterocycles. The summed E-state index contributed by atoms with van der Waals surface area (Å²) in [6.07, 6.45) is 0.752. The van der Waals surface area contributed by atoms with Crippen molar-refractivity contribution in [1.29, 1.82) is 0 Å². The second-order valence-electron chi connectivity index (χ2n) is 5.91. The molecule has 3 aromatic rings. The van der Waals surface area contributed by atoms with E-state index in [9.17, 15) is 9.90 Å².